The molecule has 1 aliphatic heterocycles. The van der Waals surface area contributed by atoms with Crippen molar-refractivity contribution < 1.29 is 15.6 Å². The fraction of sp³-hybridized carbons (Fsp3) is 0.400. The van der Waals surface area contributed by atoms with Gasteiger partial charge in [-0.25, -0.2) is 0 Å². The van der Waals surface area contributed by atoms with Gasteiger partial charge in [-0.3, -0.25) is 5.32 Å². The van der Waals surface area contributed by atoms with Gasteiger partial charge in [-0.2, -0.15) is 5.06 Å². The van der Waals surface area contributed by atoms with Crippen LogP contribution in [0.3, 0.4) is 0 Å². The molecule has 1 heterocycles. The summed E-state index contributed by atoms with van der Waals surface area (Å²) in [6.07, 6.45) is -0.737. The van der Waals surface area contributed by atoms with E-state index in [1.54, 1.807) is 0 Å². The highest BCUT2D eigenvalue weighted by Gasteiger charge is 2.30. The third kappa shape index (κ3) is 3.20. The molecule has 0 aliphatic carbocycles. The smallest absolute Gasteiger partial charge is 0.165 e. The zero-order valence-electron chi connectivity index (χ0n) is 9.27. The number of nitrogens with zero attached hydrogens (tertiary/aromatic N) is 3. The van der Waals surface area contributed by atoms with Gasteiger partial charge in [0.25, 0.3) is 0 Å². The van der Waals surface area contributed by atoms with Crippen LogP contribution in [-0.4, -0.2) is 50.4 Å². The Balaban J connectivity index is 1.90. The van der Waals surface area contributed by atoms with Crippen molar-refractivity contribution in [3.05, 3.63) is 35.9 Å². The Kier molecular flexibility index (Phi) is 4.02. The lowest BCUT2D eigenvalue weighted by molar-refractivity contribution is -0.365. The van der Waals surface area contributed by atoms with Crippen LogP contribution in [0.2, 0.25) is 0 Å². The van der Waals surface area contributed by atoms with Crippen LogP contribution in [0.1, 0.15) is 5.56 Å². The van der Waals surface area contributed by atoms with E-state index in [-0.39, 0.29) is 13.3 Å². The molecule has 94 valence electrons. The van der Waals surface area contributed by atoms with Crippen molar-refractivity contribution in [2.75, 3.05) is 13.3 Å². The normalized spacial score (nSPS) is 20.9. The number of hydroxylamine groups is 6. The van der Waals surface area contributed by atoms with E-state index in [9.17, 15) is 10.4 Å². The standard InChI is InChI=1S/C10H16N4O3/c15-12-7-13(16)10(14(17)8-12)11-6-9-4-2-1-3-5-9/h1-5,10-11,15-17H,6-8H2. The van der Waals surface area contributed by atoms with Gasteiger partial charge in [0.1, 0.15) is 13.3 Å². The van der Waals surface area contributed by atoms with Crippen molar-refractivity contribution in [2.45, 2.75) is 12.8 Å². The van der Waals surface area contributed by atoms with Gasteiger partial charge in [0.2, 0.25) is 0 Å². The Labute approximate surface area is 99.0 Å². The Bertz CT molecular complexity index is 339. The molecule has 1 aromatic rings. The van der Waals surface area contributed by atoms with Crippen LogP contribution in [0, 0.1) is 0 Å². The Hall–Kier alpha value is -1.06. The average Bonchev–Trinajstić information content (AvgIpc) is 2.29. The molecule has 1 aliphatic rings. The molecule has 1 aromatic carbocycles. The predicted molar refractivity (Wildman–Crippen MR) is 57.7 cm³/mol. The minimum atomic E-state index is -0.737. The van der Waals surface area contributed by atoms with Gasteiger partial charge in [-0.15, -0.1) is 10.1 Å². The highest BCUT2D eigenvalue weighted by Crippen LogP contribution is 2.08. The summed E-state index contributed by atoms with van der Waals surface area (Å²) < 4.78 is 0. The van der Waals surface area contributed by atoms with E-state index in [2.05, 4.69) is 5.32 Å². The molecule has 0 unspecified atom stereocenters. The maximum atomic E-state index is 9.56. The van der Waals surface area contributed by atoms with Crippen molar-refractivity contribution in [1.29, 1.82) is 0 Å². The maximum absolute atomic E-state index is 9.56. The van der Waals surface area contributed by atoms with E-state index >= 15 is 0 Å². The van der Waals surface area contributed by atoms with Gasteiger partial charge in [0.15, 0.2) is 6.29 Å². The quantitative estimate of drug-likeness (QED) is 0.594. The van der Waals surface area contributed by atoms with E-state index in [1.165, 1.54) is 0 Å². The number of hydrogen-bond donors (Lipinski definition) is 4. The van der Waals surface area contributed by atoms with Crippen LogP contribution in [0.4, 0.5) is 0 Å². The van der Waals surface area contributed by atoms with Crippen LogP contribution < -0.4 is 5.32 Å². The summed E-state index contributed by atoms with van der Waals surface area (Å²) in [6.45, 7) is 0.401. The average molecular weight is 240 g/mol. The molecular weight excluding hydrogens is 224 g/mol. The van der Waals surface area contributed by atoms with Crippen LogP contribution in [0.5, 0.6) is 0 Å². The third-order valence-corrected chi connectivity index (χ3v) is 2.51. The minimum absolute atomic E-state index is 0.0521. The molecule has 0 amide bonds. The summed E-state index contributed by atoms with van der Waals surface area (Å²) in [4.78, 5) is 0. The fourth-order valence-electron chi connectivity index (χ4n) is 1.70. The molecule has 17 heavy (non-hydrogen) atoms. The van der Waals surface area contributed by atoms with E-state index in [1.807, 2.05) is 30.3 Å². The molecule has 2 rings (SSSR count). The van der Waals surface area contributed by atoms with Crippen LogP contribution >= 0.6 is 0 Å². The first-order valence-electron chi connectivity index (χ1n) is 5.29. The lowest BCUT2D eigenvalue weighted by atomic mass is 10.2. The van der Waals surface area contributed by atoms with Crippen molar-refractivity contribution >= 4 is 0 Å². The third-order valence-electron chi connectivity index (χ3n) is 2.51. The largest absolute Gasteiger partial charge is 0.311 e. The van der Waals surface area contributed by atoms with Gasteiger partial charge in [0.05, 0.1) is 0 Å². The van der Waals surface area contributed by atoms with Crippen LogP contribution in [0.25, 0.3) is 0 Å². The lowest BCUT2D eigenvalue weighted by Gasteiger charge is -2.39. The van der Waals surface area contributed by atoms with Gasteiger partial charge < -0.3 is 15.6 Å². The van der Waals surface area contributed by atoms with Crippen LogP contribution in [0.15, 0.2) is 30.3 Å². The molecule has 4 N–H and O–H groups in total. The summed E-state index contributed by atoms with van der Waals surface area (Å²) in [6, 6.07) is 9.64. The highest BCUT2D eigenvalue weighted by molar-refractivity contribution is 5.14. The zero-order chi connectivity index (χ0) is 12.3. The lowest BCUT2D eigenvalue weighted by Crippen LogP contribution is -2.63. The van der Waals surface area contributed by atoms with E-state index in [0.717, 1.165) is 20.8 Å². The molecule has 0 saturated carbocycles. The van der Waals surface area contributed by atoms with Crippen molar-refractivity contribution in [2.24, 2.45) is 0 Å². The molecule has 7 heteroatoms. The molecular formula is C10H16N4O3. The molecule has 0 spiro atoms. The van der Waals surface area contributed by atoms with Gasteiger partial charge in [0, 0.05) is 6.54 Å². The molecule has 1 saturated heterocycles. The fourth-order valence-corrected chi connectivity index (χ4v) is 1.70. The first-order chi connectivity index (χ1) is 8.16. The summed E-state index contributed by atoms with van der Waals surface area (Å²) in [5.74, 6) is 0. The minimum Gasteiger partial charge on any atom is -0.311 e. The van der Waals surface area contributed by atoms with Crippen molar-refractivity contribution in [1.82, 2.24) is 20.5 Å². The second-order valence-corrected chi connectivity index (χ2v) is 3.91. The summed E-state index contributed by atoms with van der Waals surface area (Å²) in [5.41, 5.74) is 1.04. The molecule has 0 bridgehead atoms. The van der Waals surface area contributed by atoms with E-state index < -0.39 is 6.29 Å². The summed E-state index contributed by atoms with van der Waals surface area (Å²) in [7, 11) is 0. The van der Waals surface area contributed by atoms with Gasteiger partial charge in [-0.05, 0) is 5.56 Å². The first-order valence-corrected chi connectivity index (χ1v) is 5.29. The number of nitrogens with one attached hydrogen (secondary N) is 1. The van der Waals surface area contributed by atoms with Gasteiger partial charge in [-0.1, -0.05) is 30.3 Å². The van der Waals surface area contributed by atoms with Crippen molar-refractivity contribution in [3.63, 3.8) is 0 Å². The second-order valence-electron chi connectivity index (χ2n) is 3.91. The van der Waals surface area contributed by atoms with Crippen LogP contribution in [-0.2, 0) is 6.54 Å². The van der Waals surface area contributed by atoms with E-state index in [4.69, 9.17) is 5.21 Å². The van der Waals surface area contributed by atoms with Crippen molar-refractivity contribution in [3.8, 4) is 0 Å². The number of rotatable bonds is 3. The van der Waals surface area contributed by atoms with E-state index in [0.29, 0.717) is 6.54 Å². The molecule has 1 fully saturated rings. The summed E-state index contributed by atoms with van der Waals surface area (Å²) >= 11 is 0. The Morgan fingerprint density at radius 2 is 1.65 bits per heavy atom. The summed E-state index contributed by atoms with van der Waals surface area (Å²) in [5, 5.41) is 33.7. The maximum Gasteiger partial charge on any atom is 0.165 e. The predicted octanol–water partition coefficient (Wildman–Crippen LogP) is 0.0620. The number of benzene rings is 1. The Morgan fingerprint density at radius 1 is 1.06 bits per heavy atom. The number of hydrogen-bond acceptors (Lipinski definition) is 7. The first kappa shape index (κ1) is 12.4. The highest BCUT2D eigenvalue weighted by atomic mass is 16.6. The Morgan fingerprint density at radius 3 is 2.24 bits per heavy atom. The molecule has 0 atom stereocenters. The molecule has 0 radical (unpaired) electrons. The van der Waals surface area contributed by atoms with Gasteiger partial charge >= 0.3 is 0 Å². The topological polar surface area (TPSA) is 82.4 Å². The molecule has 0 aromatic heterocycles. The SMILES string of the molecule is ON1CN(O)C(NCc2ccccc2)N(O)C1. The monoisotopic (exact) mass is 240 g/mol. The zero-order valence-corrected chi connectivity index (χ0v) is 9.27. The second kappa shape index (κ2) is 5.52. The molecule has 7 nitrogen and oxygen atoms in total.